The lowest BCUT2D eigenvalue weighted by atomic mass is 9.80. The number of aryl methyl sites for hydroxylation is 1. The van der Waals surface area contributed by atoms with Crippen molar-refractivity contribution in [1.82, 2.24) is 4.98 Å². The Kier molecular flexibility index (Phi) is 6.65. The van der Waals surface area contributed by atoms with Gasteiger partial charge in [0.1, 0.15) is 6.61 Å². The van der Waals surface area contributed by atoms with Crippen LogP contribution in [0.15, 0.2) is 66.9 Å². The molecule has 1 aliphatic rings. The minimum Gasteiger partial charge on any atom is -0.486 e. The van der Waals surface area contributed by atoms with Gasteiger partial charge >= 0.3 is 11.9 Å². The Bertz CT molecular complexity index is 1450. The molecule has 190 valence electrons. The summed E-state index contributed by atoms with van der Waals surface area (Å²) in [6, 6.07) is 18.9. The number of aromatic amines is 1. The predicted molar refractivity (Wildman–Crippen MR) is 142 cm³/mol. The highest BCUT2D eigenvalue weighted by Crippen LogP contribution is 2.44. The molecule has 8 heteroatoms. The number of fused-ring (bicyclic) bond motifs is 1. The van der Waals surface area contributed by atoms with Crippen molar-refractivity contribution in [2.24, 2.45) is 5.92 Å². The Morgan fingerprint density at radius 3 is 2.24 bits per heavy atom. The number of H-pyrrole nitrogens is 1. The summed E-state index contributed by atoms with van der Waals surface area (Å²) in [5.41, 5.74) is 4.25. The Hall–Kier alpha value is -3.48. The third kappa shape index (κ3) is 5.04. The van der Waals surface area contributed by atoms with Crippen molar-refractivity contribution >= 4 is 46.0 Å². The summed E-state index contributed by atoms with van der Waals surface area (Å²) in [5, 5.41) is 1.37. The number of aromatic nitrogens is 1. The highest BCUT2D eigenvalue weighted by molar-refractivity contribution is 6.37. The number of carbonyl (C=O) groups excluding carboxylic acids is 2. The molecule has 1 atom stereocenters. The molecule has 3 aromatic carbocycles. The van der Waals surface area contributed by atoms with Gasteiger partial charge < -0.3 is 19.2 Å². The minimum atomic E-state index is -1.35. The van der Waals surface area contributed by atoms with Crippen LogP contribution < -0.4 is 4.74 Å². The number of carbonyl (C=O) groups is 2. The third-order valence-electron chi connectivity index (χ3n) is 6.37. The Morgan fingerprint density at radius 2 is 1.59 bits per heavy atom. The van der Waals surface area contributed by atoms with Crippen LogP contribution in [0.25, 0.3) is 10.9 Å². The molecule has 6 nitrogen and oxygen atoms in total. The zero-order valence-electron chi connectivity index (χ0n) is 20.5. The SMILES string of the molecule is Cc1ccc(COc2c(Cl)cc([C@@H](c3c[nH]c4ccccc34)C3C(=O)OC(C)(C)OC3=O)cc2Cl)cc1. The molecule has 0 unspecified atom stereocenters. The summed E-state index contributed by atoms with van der Waals surface area (Å²) in [7, 11) is 0. The van der Waals surface area contributed by atoms with E-state index in [1.807, 2.05) is 55.5 Å². The second-order valence-electron chi connectivity index (χ2n) is 9.57. The number of benzene rings is 3. The summed E-state index contributed by atoms with van der Waals surface area (Å²) in [5.74, 6) is -4.41. The van der Waals surface area contributed by atoms with Crippen LogP contribution in [-0.4, -0.2) is 22.7 Å². The van der Waals surface area contributed by atoms with Crippen LogP contribution >= 0.6 is 23.2 Å². The summed E-state index contributed by atoms with van der Waals surface area (Å²) in [6.07, 6.45) is 1.78. The van der Waals surface area contributed by atoms with Gasteiger partial charge in [0.2, 0.25) is 0 Å². The van der Waals surface area contributed by atoms with Crippen molar-refractivity contribution in [3.63, 3.8) is 0 Å². The van der Waals surface area contributed by atoms with Crippen LogP contribution in [0.1, 0.15) is 42.0 Å². The summed E-state index contributed by atoms with van der Waals surface area (Å²) < 4.78 is 16.9. The van der Waals surface area contributed by atoms with Crippen molar-refractivity contribution in [3.8, 4) is 5.75 Å². The molecule has 1 aliphatic heterocycles. The molecule has 5 rings (SSSR count). The van der Waals surface area contributed by atoms with Crippen LogP contribution in [0, 0.1) is 12.8 Å². The largest absolute Gasteiger partial charge is 0.486 e. The zero-order valence-corrected chi connectivity index (χ0v) is 22.0. The molecule has 0 aliphatic carbocycles. The van der Waals surface area contributed by atoms with E-state index < -0.39 is 29.6 Å². The van der Waals surface area contributed by atoms with Gasteiger partial charge in [-0.3, -0.25) is 9.59 Å². The maximum Gasteiger partial charge on any atom is 0.324 e. The molecule has 1 N–H and O–H groups in total. The van der Waals surface area contributed by atoms with Gasteiger partial charge in [-0.2, -0.15) is 0 Å². The average molecular weight is 538 g/mol. The topological polar surface area (TPSA) is 77.6 Å². The number of halogens is 2. The molecule has 37 heavy (non-hydrogen) atoms. The highest BCUT2D eigenvalue weighted by Gasteiger charge is 2.48. The first-order valence-electron chi connectivity index (χ1n) is 11.8. The van der Waals surface area contributed by atoms with Crippen molar-refractivity contribution in [1.29, 1.82) is 0 Å². The lowest BCUT2D eigenvalue weighted by Gasteiger charge is -2.36. The molecule has 0 saturated carbocycles. The van der Waals surface area contributed by atoms with Crippen LogP contribution in [0.3, 0.4) is 0 Å². The standard InChI is InChI=1S/C29H25Cl2NO5/c1-16-8-10-17(11-9-16)15-35-26-21(30)12-18(13-22(26)31)24(20-14-32-23-7-5-4-6-19(20)23)25-27(33)36-29(2,3)37-28(25)34/h4-14,24-25,32H,15H2,1-3H3/t24-/m0/s1. The molecule has 4 aromatic rings. The minimum absolute atomic E-state index is 0.261. The molecular formula is C29H25Cl2NO5. The predicted octanol–water partition coefficient (Wildman–Crippen LogP) is 6.95. The Balaban J connectivity index is 1.56. The number of ether oxygens (including phenoxy) is 3. The quantitative estimate of drug-likeness (QED) is 0.213. The van der Waals surface area contributed by atoms with E-state index >= 15 is 0 Å². The number of hydrogen-bond acceptors (Lipinski definition) is 5. The lowest BCUT2D eigenvalue weighted by molar-refractivity contribution is -0.240. The van der Waals surface area contributed by atoms with Crippen molar-refractivity contribution in [2.75, 3.05) is 0 Å². The third-order valence-corrected chi connectivity index (χ3v) is 6.94. The van der Waals surface area contributed by atoms with Crippen LogP contribution in [-0.2, 0) is 25.7 Å². The van der Waals surface area contributed by atoms with Crippen LogP contribution in [0.4, 0.5) is 0 Å². The van der Waals surface area contributed by atoms with E-state index in [4.69, 9.17) is 37.4 Å². The van der Waals surface area contributed by atoms with Crippen molar-refractivity contribution < 1.29 is 23.8 Å². The first-order chi connectivity index (χ1) is 17.6. The summed E-state index contributed by atoms with van der Waals surface area (Å²) in [6.45, 7) is 5.34. The van der Waals surface area contributed by atoms with Crippen molar-refractivity contribution in [2.45, 2.75) is 39.1 Å². The zero-order chi connectivity index (χ0) is 26.3. The smallest absolute Gasteiger partial charge is 0.324 e. The van der Waals surface area contributed by atoms with Crippen LogP contribution in [0.5, 0.6) is 5.75 Å². The molecule has 1 saturated heterocycles. The number of rotatable bonds is 6. The van der Waals surface area contributed by atoms with Gasteiger partial charge in [0, 0.05) is 36.9 Å². The first kappa shape index (κ1) is 25.2. The molecule has 1 aromatic heterocycles. The fourth-order valence-corrected chi connectivity index (χ4v) is 5.25. The molecule has 1 fully saturated rings. The van der Waals surface area contributed by atoms with E-state index in [-0.39, 0.29) is 16.7 Å². The van der Waals surface area contributed by atoms with Gasteiger partial charge in [-0.1, -0.05) is 71.2 Å². The number of nitrogens with one attached hydrogen (secondary N) is 1. The molecule has 2 heterocycles. The van der Waals surface area contributed by atoms with E-state index in [9.17, 15) is 9.59 Å². The second-order valence-corrected chi connectivity index (χ2v) is 10.4. The maximum atomic E-state index is 13.2. The number of para-hydroxylation sites is 1. The Morgan fingerprint density at radius 1 is 0.973 bits per heavy atom. The molecule has 0 spiro atoms. The van der Waals surface area contributed by atoms with E-state index in [2.05, 4.69) is 4.98 Å². The summed E-state index contributed by atoms with van der Waals surface area (Å²) in [4.78, 5) is 29.5. The average Bonchev–Trinajstić information content (AvgIpc) is 3.25. The fraction of sp³-hybridized carbons (Fsp3) is 0.241. The molecular weight excluding hydrogens is 513 g/mol. The van der Waals surface area contributed by atoms with Gasteiger partial charge in [-0.05, 0) is 41.8 Å². The van der Waals surface area contributed by atoms with E-state index in [1.165, 1.54) is 13.8 Å². The summed E-state index contributed by atoms with van der Waals surface area (Å²) >= 11 is 13.3. The first-order valence-corrected chi connectivity index (χ1v) is 12.6. The fourth-order valence-electron chi connectivity index (χ4n) is 4.64. The maximum absolute atomic E-state index is 13.2. The number of cyclic esters (lactones) is 2. The molecule has 0 amide bonds. The van der Waals surface area contributed by atoms with Gasteiger partial charge in [-0.25, -0.2) is 0 Å². The normalized spacial score (nSPS) is 16.4. The van der Waals surface area contributed by atoms with E-state index in [0.717, 1.165) is 27.6 Å². The van der Waals surface area contributed by atoms with Gasteiger partial charge in [0.25, 0.3) is 5.79 Å². The van der Waals surface area contributed by atoms with Crippen molar-refractivity contribution in [3.05, 3.63) is 99.2 Å². The molecule has 0 bridgehead atoms. The van der Waals surface area contributed by atoms with Gasteiger partial charge in [0.15, 0.2) is 11.7 Å². The van der Waals surface area contributed by atoms with Gasteiger partial charge in [0.05, 0.1) is 10.0 Å². The second kappa shape index (κ2) is 9.77. The monoisotopic (exact) mass is 537 g/mol. The lowest BCUT2D eigenvalue weighted by Crippen LogP contribution is -2.48. The van der Waals surface area contributed by atoms with E-state index in [1.54, 1.807) is 18.3 Å². The van der Waals surface area contributed by atoms with Gasteiger partial charge in [-0.15, -0.1) is 0 Å². The Labute approximate surface area is 224 Å². The number of esters is 2. The van der Waals surface area contributed by atoms with E-state index in [0.29, 0.717) is 11.3 Å². The molecule has 0 radical (unpaired) electrons. The number of hydrogen-bond donors (Lipinski definition) is 1. The highest BCUT2D eigenvalue weighted by atomic mass is 35.5. The van der Waals surface area contributed by atoms with Crippen LogP contribution in [0.2, 0.25) is 10.0 Å².